The third-order valence-corrected chi connectivity index (χ3v) is 4.45. The van der Waals surface area contributed by atoms with Crippen LogP contribution in [0.15, 0.2) is 23.9 Å². The van der Waals surface area contributed by atoms with Crippen molar-refractivity contribution in [2.75, 3.05) is 6.61 Å². The van der Waals surface area contributed by atoms with Crippen molar-refractivity contribution >= 4 is 11.7 Å². The van der Waals surface area contributed by atoms with E-state index in [1.165, 1.54) is 32.1 Å². The van der Waals surface area contributed by atoms with Crippen molar-refractivity contribution in [1.29, 1.82) is 0 Å². The lowest BCUT2D eigenvalue weighted by Gasteiger charge is -2.23. The maximum absolute atomic E-state index is 11.7. The maximum Gasteiger partial charge on any atom is 0.306 e. The quantitative estimate of drug-likeness (QED) is 0.283. The summed E-state index contributed by atoms with van der Waals surface area (Å²) in [6.07, 6.45) is 13.8. The highest BCUT2D eigenvalue weighted by Crippen LogP contribution is 2.25. The summed E-state index contributed by atoms with van der Waals surface area (Å²) in [5, 5.41) is 4.45. The van der Waals surface area contributed by atoms with Gasteiger partial charge in [-0.2, -0.15) is 0 Å². The predicted molar refractivity (Wildman–Crippen MR) is 102 cm³/mol. The molecule has 0 spiro atoms. The Bertz CT molecular complexity index is 555. The molecule has 1 aromatic heterocycles. The summed E-state index contributed by atoms with van der Waals surface area (Å²) in [5.74, 6) is 0.358. The van der Waals surface area contributed by atoms with Crippen LogP contribution in [-0.2, 0) is 20.9 Å². The zero-order valence-electron chi connectivity index (χ0n) is 16.4. The third-order valence-electron chi connectivity index (χ3n) is 4.45. The summed E-state index contributed by atoms with van der Waals surface area (Å²) in [7, 11) is 0. The van der Waals surface area contributed by atoms with Crippen molar-refractivity contribution in [2.45, 2.75) is 84.3 Å². The minimum Gasteiger partial charge on any atom is -0.460 e. The van der Waals surface area contributed by atoms with Crippen LogP contribution in [0, 0.1) is 5.92 Å². The number of hydrogen-bond acceptors (Lipinski definition) is 5. The fraction of sp³-hybridized carbons (Fsp3) is 0.750. The number of nitrogens with zero attached hydrogens (tertiary/aromatic N) is 3. The number of carbonyl (C=O) groups excluding carboxylic acids is 1. The molecule has 0 aromatic carbocycles. The lowest BCUT2D eigenvalue weighted by molar-refractivity contribution is -0.154. The van der Waals surface area contributed by atoms with E-state index in [-0.39, 0.29) is 5.97 Å². The molecular formula is C20H33N3O3. The van der Waals surface area contributed by atoms with Crippen molar-refractivity contribution in [3.05, 3.63) is 18.7 Å². The SMILES string of the molecule is CC(C)(C)OC(=O)CCCCON=C(Cn1ccnc1)C1CCCCC1. The second kappa shape index (κ2) is 10.3. The fourth-order valence-electron chi connectivity index (χ4n) is 3.19. The summed E-state index contributed by atoms with van der Waals surface area (Å²) in [6.45, 7) is 6.92. The number of hydrogen-bond donors (Lipinski definition) is 0. The Hall–Kier alpha value is -1.85. The minimum atomic E-state index is -0.417. The Kier molecular flexibility index (Phi) is 8.13. The molecule has 1 saturated carbocycles. The molecular weight excluding hydrogens is 330 g/mol. The van der Waals surface area contributed by atoms with Crippen molar-refractivity contribution < 1.29 is 14.4 Å². The molecule has 146 valence electrons. The molecule has 1 fully saturated rings. The number of unbranched alkanes of at least 4 members (excludes halogenated alkanes) is 1. The van der Waals surface area contributed by atoms with Gasteiger partial charge in [-0.3, -0.25) is 4.79 Å². The smallest absolute Gasteiger partial charge is 0.306 e. The van der Waals surface area contributed by atoms with Crippen LogP contribution in [0.3, 0.4) is 0 Å². The van der Waals surface area contributed by atoms with Gasteiger partial charge in [0.15, 0.2) is 0 Å². The highest BCUT2D eigenvalue weighted by molar-refractivity contribution is 5.86. The Morgan fingerprint density at radius 3 is 2.65 bits per heavy atom. The van der Waals surface area contributed by atoms with Crippen LogP contribution in [0.1, 0.15) is 72.1 Å². The molecule has 1 aromatic rings. The first-order chi connectivity index (χ1) is 12.4. The van der Waals surface area contributed by atoms with Gasteiger partial charge in [-0.1, -0.05) is 24.4 Å². The first-order valence-electron chi connectivity index (χ1n) is 9.80. The van der Waals surface area contributed by atoms with Gasteiger partial charge >= 0.3 is 5.97 Å². The Balaban J connectivity index is 1.73. The third kappa shape index (κ3) is 8.02. The molecule has 0 unspecified atom stereocenters. The maximum atomic E-state index is 11.7. The van der Waals surface area contributed by atoms with Gasteiger partial charge < -0.3 is 14.1 Å². The topological polar surface area (TPSA) is 65.7 Å². The van der Waals surface area contributed by atoms with E-state index in [4.69, 9.17) is 9.57 Å². The van der Waals surface area contributed by atoms with Crippen LogP contribution >= 0.6 is 0 Å². The van der Waals surface area contributed by atoms with Crippen molar-refractivity contribution in [2.24, 2.45) is 11.1 Å². The molecule has 0 saturated heterocycles. The normalized spacial score (nSPS) is 16.5. The predicted octanol–water partition coefficient (Wildman–Crippen LogP) is 4.35. The minimum absolute atomic E-state index is 0.149. The summed E-state index contributed by atoms with van der Waals surface area (Å²) in [5.41, 5.74) is 0.690. The fourth-order valence-corrected chi connectivity index (χ4v) is 3.19. The molecule has 1 aliphatic rings. The van der Waals surface area contributed by atoms with Crippen LogP contribution in [-0.4, -0.2) is 33.4 Å². The van der Waals surface area contributed by atoms with E-state index in [1.807, 2.05) is 37.9 Å². The van der Waals surface area contributed by atoms with Crippen LogP contribution in [0.25, 0.3) is 0 Å². The van der Waals surface area contributed by atoms with Gasteiger partial charge in [0.2, 0.25) is 0 Å². The number of oxime groups is 1. The highest BCUT2D eigenvalue weighted by Gasteiger charge is 2.20. The van der Waals surface area contributed by atoms with Crippen LogP contribution < -0.4 is 0 Å². The first-order valence-corrected chi connectivity index (χ1v) is 9.80. The van der Waals surface area contributed by atoms with Crippen LogP contribution in [0.5, 0.6) is 0 Å². The molecule has 1 aliphatic carbocycles. The molecule has 0 N–H and O–H groups in total. The largest absolute Gasteiger partial charge is 0.460 e. The van der Waals surface area contributed by atoms with Crippen LogP contribution in [0.2, 0.25) is 0 Å². The van der Waals surface area contributed by atoms with E-state index >= 15 is 0 Å². The summed E-state index contributed by atoms with van der Waals surface area (Å²) >= 11 is 0. The summed E-state index contributed by atoms with van der Waals surface area (Å²) < 4.78 is 7.35. The average Bonchev–Trinajstić information content (AvgIpc) is 3.09. The molecule has 2 rings (SSSR count). The molecule has 0 atom stereocenters. The first kappa shape index (κ1) is 20.5. The average molecular weight is 364 g/mol. The number of aromatic nitrogens is 2. The Labute approximate surface area is 157 Å². The highest BCUT2D eigenvalue weighted by atomic mass is 16.6. The van der Waals surface area contributed by atoms with E-state index < -0.39 is 5.60 Å². The monoisotopic (exact) mass is 363 g/mol. The van der Waals surface area contributed by atoms with Gasteiger partial charge in [0.25, 0.3) is 0 Å². The number of esters is 1. The lowest BCUT2D eigenvalue weighted by atomic mass is 9.86. The number of rotatable bonds is 9. The molecule has 26 heavy (non-hydrogen) atoms. The number of ether oxygens (including phenoxy) is 1. The summed E-state index contributed by atoms with van der Waals surface area (Å²) in [4.78, 5) is 21.4. The molecule has 0 amide bonds. The van der Waals surface area contributed by atoms with E-state index in [0.717, 1.165) is 25.1 Å². The van der Waals surface area contributed by atoms with Gasteiger partial charge in [-0.15, -0.1) is 0 Å². The van der Waals surface area contributed by atoms with Gasteiger partial charge in [0.05, 0.1) is 18.6 Å². The van der Waals surface area contributed by atoms with E-state index in [9.17, 15) is 4.79 Å². The van der Waals surface area contributed by atoms with E-state index in [1.54, 1.807) is 6.20 Å². The number of imidazole rings is 1. The molecule has 0 bridgehead atoms. The molecule has 6 nitrogen and oxygen atoms in total. The second-order valence-electron chi connectivity index (χ2n) is 8.03. The summed E-state index contributed by atoms with van der Waals surface area (Å²) in [6, 6.07) is 0. The van der Waals surface area contributed by atoms with Crippen molar-refractivity contribution in [3.63, 3.8) is 0 Å². The molecule has 0 aliphatic heterocycles. The number of carbonyl (C=O) groups is 1. The van der Waals surface area contributed by atoms with Gasteiger partial charge in [-0.25, -0.2) is 4.98 Å². The van der Waals surface area contributed by atoms with Crippen LogP contribution in [0.4, 0.5) is 0 Å². The van der Waals surface area contributed by atoms with Crippen molar-refractivity contribution in [1.82, 2.24) is 9.55 Å². The van der Waals surface area contributed by atoms with Gasteiger partial charge in [0, 0.05) is 24.7 Å². The Morgan fingerprint density at radius 1 is 1.23 bits per heavy atom. The van der Waals surface area contributed by atoms with E-state index in [2.05, 4.69) is 10.1 Å². The second-order valence-corrected chi connectivity index (χ2v) is 8.03. The van der Waals surface area contributed by atoms with Gasteiger partial charge in [0.1, 0.15) is 12.2 Å². The molecule has 0 radical (unpaired) electrons. The van der Waals surface area contributed by atoms with E-state index in [0.29, 0.717) is 18.9 Å². The lowest BCUT2D eigenvalue weighted by Crippen LogP contribution is -2.23. The standard InChI is InChI=1S/C20H33N3O3/c1-20(2,3)26-19(24)11-7-8-14-25-22-18(15-23-13-12-21-16-23)17-9-5-4-6-10-17/h12-13,16-17H,4-11,14-15H2,1-3H3. The van der Waals surface area contributed by atoms with Gasteiger partial charge in [-0.05, 0) is 46.5 Å². The zero-order valence-corrected chi connectivity index (χ0v) is 16.4. The Morgan fingerprint density at radius 2 is 2.00 bits per heavy atom. The molecule has 1 heterocycles. The van der Waals surface area contributed by atoms with Crippen molar-refractivity contribution in [3.8, 4) is 0 Å². The zero-order chi connectivity index (χ0) is 18.8. The molecule has 6 heteroatoms.